The molecule has 1 saturated carbocycles. The summed E-state index contributed by atoms with van der Waals surface area (Å²) in [5.74, 6) is 1.78. The lowest BCUT2D eigenvalue weighted by molar-refractivity contribution is -0.133. The van der Waals surface area contributed by atoms with Gasteiger partial charge in [-0.2, -0.15) is 0 Å². The summed E-state index contributed by atoms with van der Waals surface area (Å²) in [4.78, 5) is 15.0. The molecule has 1 aliphatic carbocycles. The Morgan fingerprint density at radius 3 is 2.41 bits per heavy atom. The Balaban J connectivity index is 1.69. The first-order valence-corrected chi connectivity index (χ1v) is 11.0. The van der Waals surface area contributed by atoms with Crippen LogP contribution in [0.3, 0.4) is 0 Å². The van der Waals surface area contributed by atoms with E-state index in [0.717, 1.165) is 19.4 Å². The first-order valence-electron chi connectivity index (χ1n) is 10.1. The van der Waals surface area contributed by atoms with E-state index < -0.39 is 0 Å². The number of benzene rings is 1. The first kappa shape index (κ1) is 21.5. The molecule has 0 spiro atoms. The van der Waals surface area contributed by atoms with E-state index in [4.69, 9.17) is 13.9 Å². The fourth-order valence-corrected chi connectivity index (χ4v) is 4.48. The predicted octanol–water partition coefficient (Wildman–Crippen LogP) is 4.42. The van der Waals surface area contributed by atoms with Gasteiger partial charge in [-0.15, -0.1) is 10.2 Å². The lowest BCUT2D eigenvalue weighted by Gasteiger charge is -2.34. The van der Waals surface area contributed by atoms with Gasteiger partial charge in [0.15, 0.2) is 0 Å². The second kappa shape index (κ2) is 10.0. The topological polar surface area (TPSA) is 77.7 Å². The monoisotopic (exact) mass is 419 g/mol. The summed E-state index contributed by atoms with van der Waals surface area (Å²) in [6, 6.07) is 5.75. The number of aromatic nitrogens is 2. The first-order chi connectivity index (χ1) is 14.0. The molecule has 0 aliphatic heterocycles. The highest BCUT2D eigenvalue weighted by molar-refractivity contribution is 8.00. The number of hydrogen-bond donors (Lipinski definition) is 0. The summed E-state index contributed by atoms with van der Waals surface area (Å²) in [5, 5.41) is 8.34. The Morgan fingerprint density at radius 1 is 1.17 bits per heavy atom. The molecule has 3 rings (SSSR count). The highest BCUT2D eigenvalue weighted by Gasteiger charge is 2.29. The van der Waals surface area contributed by atoms with Gasteiger partial charge in [0.25, 0.3) is 5.22 Å². The largest absolute Gasteiger partial charge is 0.497 e. The molecule has 1 fully saturated rings. The van der Waals surface area contributed by atoms with Crippen molar-refractivity contribution < 1.29 is 18.7 Å². The molecule has 1 unspecified atom stereocenters. The number of carbonyl (C=O) groups excluding carboxylic acids is 1. The van der Waals surface area contributed by atoms with Crippen LogP contribution in [0.4, 0.5) is 0 Å². The van der Waals surface area contributed by atoms with E-state index in [1.807, 2.05) is 18.7 Å². The van der Waals surface area contributed by atoms with Crippen molar-refractivity contribution in [2.24, 2.45) is 0 Å². The van der Waals surface area contributed by atoms with Crippen molar-refractivity contribution in [2.45, 2.75) is 62.5 Å². The van der Waals surface area contributed by atoms with Gasteiger partial charge < -0.3 is 18.8 Å². The summed E-state index contributed by atoms with van der Waals surface area (Å²) in [7, 11) is 3.18. The quantitative estimate of drug-likeness (QED) is 0.586. The summed E-state index contributed by atoms with van der Waals surface area (Å²) < 4.78 is 16.4. The lowest BCUT2D eigenvalue weighted by Crippen LogP contribution is -2.44. The standard InChI is InChI=1S/C21H29N3O4S/c1-5-24(16-9-7-6-8-10-16)20(25)14(2)29-21-23-22-19(28-21)15-11-17(26-3)13-18(12-15)27-4/h11-14,16H,5-10H2,1-4H3. The third kappa shape index (κ3) is 5.23. The maximum Gasteiger partial charge on any atom is 0.277 e. The van der Waals surface area contributed by atoms with Crippen LogP contribution < -0.4 is 9.47 Å². The van der Waals surface area contributed by atoms with E-state index in [1.54, 1.807) is 32.4 Å². The van der Waals surface area contributed by atoms with E-state index in [2.05, 4.69) is 10.2 Å². The zero-order valence-corrected chi connectivity index (χ0v) is 18.3. The van der Waals surface area contributed by atoms with Crippen molar-refractivity contribution in [1.82, 2.24) is 15.1 Å². The molecule has 2 aromatic rings. The molecule has 0 bridgehead atoms. The van der Waals surface area contributed by atoms with Crippen LogP contribution in [-0.2, 0) is 4.79 Å². The minimum Gasteiger partial charge on any atom is -0.497 e. The van der Waals surface area contributed by atoms with Crippen LogP contribution in [0.15, 0.2) is 27.8 Å². The third-order valence-electron chi connectivity index (χ3n) is 5.27. The van der Waals surface area contributed by atoms with Crippen LogP contribution in [0, 0.1) is 0 Å². The van der Waals surface area contributed by atoms with Crippen LogP contribution in [0.1, 0.15) is 46.0 Å². The van der Waals surface area contributed by atoms with E-state index in [-0.39, 0.29) is 11.2 Å². The normalized spacial score (nSPS) is 15.7. The van der Waals surface area contributed by atoms with Crippen LogP contribution in [0.5, 0.6) is 11.5 Å². The maximum atomic E-state index is 13.0. The molecule has 0 saturated heterocycles. The molecule has 1 amide bonds. The summed E-state index contributed by atoms with van der Waals surface area (Å²) in [6.07, 6.45) is 5.87. The highest BCUT2D eigenvalue weighted by Crippen LogP contribution is 2.32. The molecule has 1 aromatic heterocycles. The van der Waals surface area contributed by atoms with Gasteiger partial charge in [-0.3, -0.25) is 4.79 Å². The van der Waals surface area contributed by atoms with Crippen molar-refractivity contribution in [1.29, 1.82) is 0 Å². The molecule has 7 nitrogen and oxygen atoms in total. The third-order valence-corrected chi connectivity index (χ3v) is 6.19. The van der Waals surface area contributed by atoms with Crippen LogP contribution >= 0.6 is 11.8 Å². The average Bonchev–Trinajstić information content (AvgIpc) is 3.23. The molecule has 0 radical (unpaired) electrons. The molecule has 158 valence electrons. The second-order valence-corrected chi connectivity index (χ2v) is 8.44. The minimum absolute atomic E-state index is 0.132. The fourth-order valence-electron chi connectivity index (χ4n) is 3.73. The number of rotatable bonds is 8. The van der Waals surface area contributed by atoms with Gasteiger partial charge in [0.1, 0.15) is 11.5 Å². The summed E-state index contributed by atoms with van der Waals surface area (Å²) >= 11 is 1.30. The van der Waals surface area contributed by atoms with Crippen molar-refractivity contribution in [3.05, 3.63) is 18.2 Å². The average molecular weight is 420 g/mol. The fraction of sp³-hybridized carbons (Fsp3) is 0.571. The number of carbonyl (C=O) groups is 1. The zero-order chi connectivity index (χ0) is 20.8. The van der Waals surface area contributed by atoms with Gasteiger partial charge in [-0.25, -0.2) is 0 Å². The number of thioether (sulfide) groups is 1. The van der Waals surface area contributed by atoms with Gasteiger partial charge in [0.05, 0.1) is 19.5 Å². The lowest BCUT2D eigenvalue weighted by atomic mass is 9.94. The van der Waals surface area contributed by atoms with Gasteiger partial charge in [-0.05, 0) is 38.8 Å². The zero-order valence-electron chi connectivity index (χ0n) is 17.5. The van der Waals surface area contributed by atoms with Crippen molar-refractivity contribution in [2.75, 3.05) is 20.8 Å². The Morgan fingerprint density at radius 2 is 1.83 bits per heavy atom. The number of amides is 1. The Kier molecular flexibility index (Phi) is 7.41. The SMILES string of the molecule is CCN(C(=O)C(C)Sc1nnc(-c2cc(OC)cc(OC)c2)o1)C1CCCCC1. The Bertz CT molecular complexity index is 798. The molecule has 1 heterocycles. The van der Waals surface area contributed by atoms with Gasteiger partial charge in [0.2, 0.25) is 11.8 Å². The number of ether oxygens (including phenoxy) is 2. The Labute approximate surface area is 176 Å². The predicted molar refractivity (Wildman–Crippen MR) is 112 cm³/mol. The molecular weight excluding hydrogens is 390 g/mol. The van der Waals surface area contributed by atoms with Gasteiger partial charge >= 0.3 is 0 Å². The smallest absolute Gasteiger partial charge is 0.277 e. The minimum atomic E-state index is -0.287. The van der Waals surface area contributed by atoms with Crippen molar-refractivity contribution in [3.8, 4) is 23.0 Å². The molecule has 1 aliphatic rings. The van der Waals surface area contributed by atoms with Crippen molar-refractivity contribution >= 4 is 17.7 Å². The van der Waals surface area contributed by atoms with E-state index in [9.17, 15) is 4.79 Å². The summed E-state index contributed by atoms with van der Waals surface area (Å²) in [5.41, 5.74) is 0.705. The molecule has 29 heavy (non-hydrogen) atoms. The van der Waals surface area contributed by atoms with Crippen LogP contribution in [-0.4, -0.2) is 53.1 Å². The van der Waals surface area contributed by atoms with Gasteiger partial charge in [0, 0.05) is 24.2 Å². The summed E-state index contributed by atoms with van der Waals surface area (Å²) in [6.45, 7) is 4.68. The van der Waals surface area contributed by atoms with E-state index in [1.165, 1.54) is 31.0 Å². The van der Waals surface area contributed by atoms with Crippen LogP contribution in [0.25, 0.3) is 11.5 Å². The molecule has 1 atom stereocenters. The number of hydrogen-bond acceptors (Lipinski definition) is 7. The van der Waals surface area contributed by atoms with Crippen molar-refractivity contribution in [3.63, 3.8) is 0 Å². The van der Waals surface area contributed by atoms with Gasteiger partial charge in [-0.1, -0.05) is 31.0 Å². The Hall–Kier alpha value is -2.22. The highest BCUT2D eigenvalue weighted by atomic mass is 32.2. The maximum absolute atomic E-state index is 13.0. The van der Waals surface area contributed by atoms with E-state index in [0.29, 0.717) is 34.2 Å². The molecule has 0 N–H and O–H groups in total. The molecular formula is C21H29N3O4S. The number of nitrogens with zero attached hydrogens (tertiary/aromatic N) is 3. The number of methoxy groups -OCH3 is 2. The second-order valence-electron chi connectivity index (χ2n) is 7.15. The molecule has 1 aromatic carbocycles. The van der Waals surface area contributed by atoms with E-state index >= 15 is 0 Å². The molecule has 8 heteroatoms. The van der Waals surface area contributed by atoms with Crippen LogP contribution in [0.2, 0.25) is 0 Å².